The highest BCUT2D eigenvalue weighted by molar-refractivity contribution is 7.89. The van der Waals surface area contributed by atoms with Crippen molar-refractivity contribution in [2.75, 3.05) is 0 Å². The number of halogens is 3. The average molecular weight is 385 g/mol. The standard InChI is InChI=1S/C13H14F3NO5S2/c1-9-3-6-11(7-4-9)23(18,19)17-10(2)5-8-12(17)22-24(20,21)13(14,15)16/h3-4,6-8,10H,5H2,1-2H3. The van der Waals surface area contributed by atoms with E-state index in [0.29, 0.717) is 4.31 Å². The monoisotopic (exact) mass is 385 g/mol. The fourth-order valence-corrected chi connectivity index (χ4v) is 4.21. The fourth-order valence-electron chi connectivity index (χ4n) is 2.08. The Labute approximate surface area is 137 Å². The molecule has 1 heterocycles. The molecule has 1 aromatic rings. The number of hydrogen-bond acceptors (Lipinski definition) is 5. The lowest BCUT2D eigenvalue weighted by molar-refractivity contribution is -0.0531. The van der Waals surface area contributed by atoms with Gasteiger partial charge in [0.15, 0.2) is 0 Å². The molecule has 24 heavy (non-hydrogen) atoms. The van der Waals surface area contributed by atoms with Crippen molar-refractivity contribution in [1.82, 2.24) is 4.31 Å². The number of sulfonamides is 1. The summed E-state index contributed by atoms with van der Waals surface area (Å²) < 4.78 is 89.6. The van der Waals surface area contributed by atoms with Gasteiger partial charge in [0.05, 0.1) is 4.90 Å². The fraction of sp³-hybridized carbons (Fsp3) is 0.385. The molecular weight excluding hydrogens is 371 g/mol. The van der Waals surface area contributed by atoms with Crippen LogP contribution in [0.3, 0.4) is 0 Å². The summed E-state index contributed by atoms with van der Waals surface area (Å²) in [4.78, 5) is -0.180. The number of rotatable bonds is 4. The largest absolute Gasteiger partial charge is 0.534 e. The highest BCUT2D eigenvalue weighted by Gasteiger charge is 2.50. The van der Waals surface area contributed by atoms with Crippen molar-refractivity contribution in [3.05, 3.63) is 41.8 Å². The summed E-state index contributed by atoms with van der Waals surface area (Å²) in [6, 6.07) is 4.82. The lowest BCUT2D eigenvalue weighted by Gasteiger charge is -2.26. The van der Waals surface area contributed by atoms with Crippen LogP contribution in [0.25, 0.3) is 0 Å². The quantitative estimate of drug-likeness (QED) is 0.588. The number of alkyl halides is 3. The Hall–Kier alpha value is -1.75. The van der Waals surface area contributed by atoms with Crippen LogP contribution in [0.5, 0.6) is 0 Å². The Bertz CT molecular complexity index is 858. The molecule has 1 aliphatic heterocycles. The van der Waals surface area contributed by atoms with Gasteiger partial charge in [0.25, 0.3) is 10.0 Å². The Balaban J connectivity index is 2.41. The van der Waals surface area contributed by atoms with Crippen molar-refractivity contribution in [3.63, 3.8) is 0 Å². The van der Waals surface area contributed by atoms with Crippen LogP contribution in [0.2, 0.25) is 0 Å². The predicted octanol–water partition coefficient (Wildman–Crippen LogP) is 2.49. The van der Waals surface area contributed by atoms with Gasteiger partial charge >= 0.3 is 15.6 Å². The lowest BCUT2D eigenvalue weighted by Crippen LogP contribution is -2.37. The van der Waals surface area contributed by atoms with E-state index in [-0.39, 0.29) is 11.3 Å². The first-order valence-corrected chi connectivity index (χ1v) is 9.53. The zero-order valence-electron chi connectivity index (χ0n) is 12.6. The third-order valence-electron chi connectivity index (χ3n) is 3.31. The number of aryl methyl sites for hydroxylation is 1. The van der Waals surface area contributed by atoms with Crippen molar-refractivity contribution in [3.8, 4) is 0 Å². The first-order valence-electron chi connectivity index (χ1n) is 6.68. The topological polar surface area (TPSA) is 80.8 Å². The van der Waals surface area contributed by atoms with Gasteiger partial charge in [0.1, 0.15) is 0 Å². The second-order valence-corrected chi connectivity index (χ2v) is 8.58. The van der Waals surface area contributed by atoms with E-state index in [2.05, 4.69) is 4.18 Å². The highest BCUT2D eigenvalue weighted by atomic mass is 32.2. The maximum absolute atomic E-state index is 12.6. The molecule has 0 aliphatic carbocycles. The summed E-state index contributed by atoms with van der Waals surface area (Å²) in [5.74, 6) is -0.875. The molecular formula is C13H14F3NO5S2. The second-order valence-electron chi connectivity index (χ2n) is 5.22. The molecule has 0 saturated carbocycles. The summed E-state index contributed by atoms with van der Waals surface area (Å²) in [5, 5.41) is 0. The summed E-state index contributed by atoms with van der Waals surface area (Å²) in [5.41, 5.74) is -4.87. The van der Waals surface area contributed by atoms with Crippen molar-refractivity contribution >= 4 is 20.1 Å². The molecule has 1 atom stereocenters. The van der Waals surface area contributed by atoms with Crippen LogP contribution < -0.4 is 0 Å². The van der Waals surface area contributed by atoms with Gasteiger partial charge in [-0.2, -0.15) is 21.6 Å². The van der Waals surface area contributed by atoms with Gasteiger partial charge in [0.2, 0.25) is 5.88 Å². The van der Waals surface area contributed by atoms with Crippen LogP contribution in [0, 0.1) is 6.92 Å². The average Bonchev–Trinajstić information content (AvgIpc) is 2.78. The van der Waals surface area contributed by atoms with E-state index < -0.39 is 37.6 Å². The van der Waals surface area contributed by atoms with Gasteiger partial charge in [0, 0.05) is 6.04 Å². The van der Waals surface area contributed by atoms with Crippen LogP contribution in [0.4, 0.5) is 13.2 Å². The molecule has 11 heteroatoms. The highest BCUT2D eigenvalue weighted by Crippen LogP contribution is 2.34. The first-order chi connectivity index (χ1) is 10.9. The van der Waals surface area contributed by atoms with Crippen LogP contribution >= 0.6 is 0 Å². The Morgan fingerprint density at radius 2 is 1.67 bits per heavy atom. The SMILES string of the molecule is Cc1ccc(S(=O)(=O)N2C(OS(=O)(=O)C(F)(F)F)=CCC2C)cc1. The van der Waals surface area contributed by atoms with Gasteiger partial charge in [-0.25, -0.2) is 12.7 Å². The number of nitrogens with zero attached hydrogens (tertiary/aromatic N) is 1. The third-order valence-corrected chi connectivity index (χ3v) is 6.19. The van der Waals surface area contributed by atoms with E-state index in [1.807, 2.05) is 0 Å². The minimum Gasteiger partial charge on any atom is -0.357 e. The van der Waals surface area contributed by atoms with Gasteiger partial charge in [-0.1, -0.05) is 17.7 Å². The Kier molecular flexibility index (Phi) is 4.61. The molecule has 1 unspecified atom stereocenters. The third kappa shape index (κ3) is 3.36. The molecule has 6 nitrogen and oxygen atoms in total. The van der Waals surface area contributed by atoms with E-state index in [4.69, 9.17) is 0 Å². The molecule has 0 saturated heterocycles. The van der Waals surface area contributed by atoms with Crippen molar-refractivity contribution < 1.29 is 34.2 Å². The molecule has 0 aromatic heterocycles. The second kappa shape index (κ2) is 5.96. The smallest absolute Gasteiger partial charge is 0.357 e. The van der Waals surface area contributed by atoms with Crippen molar-refractivity contribution in [2.45, 2.75) is 36.7 Å². The predicted molar refractivity (Wildman–Crippen MR) is 78.4 cm³/mol. The van der Waals surface area contributed by atoms with E-state index >= 15 is 0 Å². The van der Waals surface area contributed by atoms with E-state index in [1.54, 1.807) is 6.92 Å². The van der Waals surface area contributed by atoms with Crippen LogP contribution in [0.15, 0.2) is 41.1 Å². The van der Waals surface area contributed by atoms with E-state index in [1.165, 1.54) is 31.2 Å². The molecule has 1 aromatic carbocycles. The van der Waals surface area contributed by atoms with Gasteiger partial charge in [-0.3, -0.25) is 0 Å². The zero-order chi connectivity index (χ0) is 18.3. The first kappa shape index (κ1) is 18.6. The van der Waals surface area contributed by atoms with E-state index in [0.717, 1.165) is 11.6 Å². The molecule has 1 aliphatic rings. The lowest BCUT2D eigenvalue weighted by atomic mass is 10.2. The molecule has 2 rings (SSSR count). The van der Waals surface area contributed by atoms with Crippen LogP contribution in [-0.4, -0.2) is 32.7 Å². The Morgan fingerprint density at radius 1 is 1.12 bits per heavy atom. The molecule has 0 bridgehead atoms. The van der Waals surface area contributed by atoms with Gasteiger partial charge in [-0.15, -0.1) is 0 Å². The summed E-state index contributed by atoms with van der Waals surface area (Å²) in [6.45, 7) is 3.16. The zero-order valence-corrected chi connectivity index (χ0v) is 14.2. The normalized spacial score (nSPS) is 19.3. The molecule has 0 radical (unpaired) electrons. The minimum absolute atomic E-state index is 0.0216. The number of hydrogen-bond donors (Lipinski definition) is 0. The van der Waals surface area contributed by atoms with Crippen molar-refractivity contribution in [2.24, 2.45) is 0 Å². The Morgan fingerprint density at radius 3 is 2.17 bits per heavy atom. The minimum atomic E-state index is -5.96. The maximum atomic E-state index is 12.6. The molecule has 0 fully saturated rings. The van der Waals surface area contributed by atoms with Gasteiger partial charge in [-0.05, 0) is 38.5 Å². The van der Waals surface area contributed by atoms with Crippen LogP contribution in [-0.2, 0) is 24.3 Å². The van der Waals surface area contributed by atoms with E-state index in [9.17, 15) is 30.0 Å². The molecule has 134 valence electrons. The summed E-state index contributed by atoms with van der Waals surface area (Å²) >= 11 is 0. The van der Waals surface area contributed by atoms with Crippen LogP contribution in [0.1, 0.15) is 18.9 Å². The summed E-state index contributed by atoms with van der Waals surface area (Å²) in [6.07, 6.45) is 1.02. The summed E-state index contributed by atoms with van der Waals surface area (Å²) in [7, 11) is -10.2. The molecule has 0 spiro atoms. The van der Waals surface area contributed by atoms with Gasteiger partial charge < -0.3 is 4.18 Å². The molecule has 0 amide bonds. The maximum Gasteiger partial charge on any atom is 0.534 e. The number of benzene rings is 1. The van der Waals surface area contributed by atoms with Crippen molar-refractivity contribution in [1.29, 1.82) is 0 Å². The molecule has 0 N–H and O–H groups in total.